The van der Waals surface area contributed by atoms with Gasteiger partial charge in [0.1, 0.15) is 5.69 Å². The molecule has 1 amide bonds. The maximum atomic E-state index is 12.5. The number of nitrogens with one attached hydrogen (secondary N) is 2. The normalized spacial score (nSPS) is 11.2. The zero-order chi connectivity index (χ0) is 18.0. The van der Waals surface area contributed by atoms with Crippen molar-refractivity contribution in [3.8, 4) is 5.69 Å². The van der Waals surface area contributed by atoms with Crippen LogP contribution < -0.4 is 11.0 Å². The van der Waals surface area contributed by atoms with Gasteiger partial charge in [-0.2, -0.15) is 5.10 Å². The van der Waals surface area contributed by atoms with Gasteiger partial charge < -0.3 is 4.98 Å². The van der Waals surface area contributed by atoms with E-state index in [0.717, 1.165) is 10.2 Å². The topological polar surface area (TPSA) is 84.2 Å². The van der Waals surface area contributed by atoms with E-state index in [-0.39, 0.29) is 11.5 Å². The highest BCUT2D eigenvalue weighted by Crippen LogP contribution is 2.10. The van der Waals surface area contributed by atoms with E-state index in [2.05, 4.69) is 31.4 Å². The third-order valence-electron chi connectivity index (χ3n) is 3.79. The van der Waals surface area contributed by atoms with Crippen LogP contribution in [-0.2, 0) is 7.05 Å². The molecule has 0 unspecified atom stereocenters. The molecule has 3 aromatic rings. The molecule has 25 heavy (non-hydrogen) atoms. The average molecular weight is 402 g/mol. The first-order chi connectivity index (χ1) is 12.0. The zero-order valence-corrected chi connectivity index (χ0v) is 15.2. The fourth-order valence-corrected chi connectivity index (χ4v) is 2.85. The molecule has 128 valence electrons. The van der Waals surface area contributed by atoms with Gasteiger partial charge in [-0.1, -0.05) is 18.2 Å². The second kappa shape index (κ2) is 6.94. The summed E-state index contributed by atoms with van der Waals surface area (Å²) in [6, 6.07) is 11.0. The molecule has 0 aliphatic carbocycles. The molecule has 0 fully saturated rings. The van der Waals surface area contributed by atoms with Crippen LogP contribution in [0.15, 0.2) is 57.0 Å². The van der Waals surface area contributed by atoms with Crippen LogP contribution in [0.5, 0.6) is 0 Å². The van der Waals surface area contributed by atoms with Gasteiger partial charge in [0.05, 0.1) is 17.6 Å². The molecule has 0 saturated carbocycles. The summed E-state index contributed by atoms with van der Waals surface area (Å²) in [5.41, 5.74) is 4.62. The number of amides is 1. The summed E-state index contributed by atoms with van der Waals surface area (Å²) in [7, 11) is 1.77. The standard InChI is InChI=1S/C17H16BrN5O2/c1-11-15(10-20-21-16(24)14-8-12(18)9-19-14)22(2)23(17(11)25)13-6-4-3-5-7-13/h3-10,19H,1-2H3,(H,21,24)/b20-10-. The number of hydrogen-bond acceptors (Lipinski definition) is 3. The monoisotopic (exact) mass is 401 g/mol. The zero-order valence-electron chi connectivity index (χ0n) is 13.7. The molecule has 0 bridgehead atoms. The minimum Gasteiger partial charge on any atom is -0.356 e. The summed E-state index contributed by atoms with van der Waals surface area (Å²) >= 11 is 3.27. The number of benzene rings is 1. The molecule has 2 aromatic heterocycles. The second-order valence-corrected chi connectivity index (χ2v) is 6.33. The largest absolute Gasteiger partial charge is 0.356 e. The Morgan fingerprint density at radius 1 is 1.32 bits per heavy atom. The van der Waals surface area contributed by atoms with Crippen molar-refractivity contribution in [3.63, 3.8) is 0 Å². The fraction of sp³-hybridized carbons (Fsp3) is 0.118. The number of carbonyl (C=O) groups is 1. The smallest absolute Gasteiger partial charge is 0.287 e. The van der Waals surface area contributed by atoms with Crippen molar-refractivity contribution >= 4 is 28.1 Å². The molecular weight excluding hydrogens is 386 g/mol. The van der Waals surface area contributed by atoms with Crippen molar-refractivity contribution in [1.29, 1.82) is 0 Å². The fourth-order valence-electron chi connectivity index (χ4n) is 2.51. The minimum atomic E-state index is -0.368. The maximum Gasteiger partial charge on any atom is 0.287 e. The summed E-state index contributed by atoms with van der Waals surface area (Å²) < 4.78 is 4.04. The lowest BCUT2D eigenvalue weighted by Crippen LogP contribution is -2.20. The third kappa shape index (κ3) is 3.34. The lowest BCUT2D eigenvalue weighted by molar-refractivity contribution is 0.0950. The molecule has 3 rings (SSSR count). The van der Waals surface area contributed by atoms with Crippen LogP contribution in [-0.4, -0.2) is 26.5 Å². The van der Waals surface area contributed by atoms with Crippen LogP contribution in [0.4, 0.5) is 0 Å². The first kappa shape index (κ1) is 17.0. The number of aromatic amines is 1. The van der Waals surface area contributed by atoms with Gasteiger partial charge in [-0.15, -0.1) is 0 Å². The Balaban J connectivity index is 1.86. The van der Waals surface area contributed by atoms with Gasteiger partial charge in [0.2, 0.25) is 0 Å². The van der Waals surface area contributed by atoms with E-state index in [1.165, 1.54) is 6.21 Å². The second-order valence-electron chi connectivity index (χ2n) is 5.42. The van der Waals surface area contributed by atoms with E-state index < -0.39 is 0 Å². The van der Waals surface area contributed by atoms with Crippen molar-refractivity contribution in [1.82, 2.24) is 19.8 Å². The summed E-state index contributed by atoms with van der Waals surface area (Å²) in [5, 5.41) is 3.96. The van der Waals surface area contributed by atoms with Crippen LogP contribution in [0, 0.1) is 6.92 Å². The van der Waals surface area contributed by atoms with E-state index in [1.807, 2.05) is 30.3 Å². The first-order valence-corrected chi connectivity index (χ1v) is 8.29. The number of hydrazone groups is 1. The molecule has 7 nitrogen and oxygen atoms in total. The van der Waals surface area contributed by atoms with Crippen molar-refractivity contribution in [2.75, 3.05) is 0 Å². The van der Waals surface area contributed by atoms with Crippen LogP contribution in [0.25, 0.3) is 5.69 Å². The number of aromatic nitrogens is 3. The Labute approximate surface area is 152 Å². The maximum absolute atomic E-state index is 12.5. The van der Waals surface area contributed by atoms with E-state index in [1.54, 1.807) is 35.6 Å². The summed E-state index contributed by atoms with van der Waals surface area (Å²) in [5.74, 6) is -0.368. The van der Waals surface area contributed by atoms with Crippen molar-refractivity contribution in [2.24, 2.45) is 12.1 Å². The molecule has 8 heteroatoms. The van der Waals surface area contributed by atoms with Gasteiger partial charge in [0.15, 0.2) is 0 Å². The van der Waals surface area contributed by atoms with Gasteiger partial charge >= 0.3 is 0 Å². The number of nitrogens with zero attached hydrogens (tertiary/aromatic N) is 3. The van der Waals surface area contributed by atoms with Gasteiger partial charge in [-0.05, 0) is 41.1 Å². The first-order valence-electron chi connectivity index (χ1n) is 7.50. The van der Waals surface area contributed by atoms with Crippen molar-refractivity contribution in [3.05, 3.63) is 74.4 Å². The number of H-pyrrole nitrogens is 1. The lowest BCUT2D eigenvalue weighted by atomic mass is 10.3. The molecule has 0 aliphatic rings. The van der Waals surface area contributed by atoms with E-state index in [0.29, 0.717) is 17.0 Å². The van der Waals surface area contributed by atoms with Gasteiger partial charge in [0, 0.05) is 23.3 Å². The third-order valence-corrected chi connectivity index (χ3v) is 4.25. The summed E-state index contributed by atoms with van der Waals surface area (Å²) in [4.78, 5) is 27.3. The molecule has 2 N–H and O–H groups in total. The van der Waals surface area contributed by atoms with Crippen LogP contribution in [0.3, 0.4) is 0 Å². The SMILES string of the molecule is Cc1c(/C=N\NC(=O)c2cc(Br)c[nH]2)n(C)n(-c2ccccc2)c1=O. The van der Waals surface area contributed by atoms with E-state index in [4.69, 9.17) is 0 Å². The molecular formula is C17H16BrN5O2. The predicted octanol–water partition coefficient (Wildman–Crippen LogP) is 2.34. The van der Waals surface area contributed by atoms with E-state index >= 15 is 0 Å². The summed E-state index contributed by atoms with van der Waals surface area (Å²) in [6.07, 6.45) is 3.12. The Kier molecular flexibility index (Phi) is 4.71. The number of para-hydroxylation sites is 1. The Morgan fingerprint density at radius 3 is 2.68 bits per heavy atom. The average Bonchev–Trinajstić information content (AvgIpc) is 3.13. The Hall–Kier alpha value is -2.87. The molecule has 0 radical (unpaired) electrons. The van der Waals surface area contributed by atoms with Crippen LogP contribution in [0.1, 0.15) is 21.7 Å². The Bertz CT molecular complexity index is 998. The van der Waals surface area contributed by atoms with Gasteiger partial charge in [-0.25, -0.2) is 10.1 Å². The van der Waals surface area contributed by atoms with Crippen molar-refractivity contribution < 1.29 is 4.79 Å². The predicted molar refractivity (Wildman–Crippen MR) is 99.3 cm³/mol. The minimum absolute atomic E-state index is 0.130. The van der Waals surface area contributed by atoms with Crippen molar-refractivity contribution in [2.45, 2.75) is 6.92 Å². The quantitative estimate of drug-likeness (QED) is 0.519. The Morgan fingerprint density at radius 2 is 2.04 bits per heavy atom. The molecule has 2 heterocycles. The number of rotatable bonds is 4. The summed E-state index contributed by atoms with van der Waals surface area (Å²) in [6.45, 7) is 1.73. The highest BCUT2D eigenvalue weighted by Gasteiger charge is 2.14. The molecule has 0 spiro atoms. The number of hydrogen-bond donors (Lipinski definition) is 2. The van der Waals surface area contributed by atoms with Gasteiger partial charge in [-0.3, -0.25) is 14.3 Å². The number of halogens is 1. The molecule has 0 aliphatic heterocycles. The molecule has 0 saturated heterocycles. The van der Waals surface area contributed by atoms with Crippen LogP contribution in [0.2, 0.25) is 0 Å². The van der Waals surface area contributed by atoms with E-state index in [9.17, 15) is 9.59 Å². The highest BCUT2D eigenvalue weighted by atomic mass is 79.9. The molecule has 0 atom stereocenters. The van der Waals surface area contributed by atoms with Crippen LogP contribution >= 0.6 is 15.9 Å². The number of carbonyl (C=O) groups excluding carboxylic acids is 1. The van der Waals surface area contributed by atoms with Gasteiger partial charge in [0.25, 0.3) is 11.5 Å². The molecule has 1 aromatic carbocycles. The lowest BCUT2D eigenvalue weighted by Gasteiger charge is -2.07. The highest BCUT2D eigenvalue weighted by molar-refractivity contribution is 9.10.